The molecular formula is C15H12ClFO. The van der Waals surface area contributed by atoms with Crippen LogP contribution in [-0.2, 0) is 11.2 Å². The van der Waals surface area contributed by atoms with Gasteiger partial charge in [-0.05, 0) is 35.7 Å². The predicted molar refractivity (Wildman–Crippen MR) is 70.4 cm³/mol. The Labute approximate surface area is 110 Å². The highest BCUT2D eigenvalue weighted by Crippen LogP contribution is 2.22. The van der Waals surface area contributed by atoms with Crippen molar-refractivity contribution in [2.24, 2.45) is 0 Å². The van der Waals surface area contributed by atoms with Crippen molar-refractivity contribution in [1.82, 2.24) is 0 Å². The fraction of sp³-hybridized carbons (Fsp3) is 0.133. The van der Waals surface area contributed by atoms with Crippen LogP contribution in [0.3, 0.4) is 0 Å². The molecule has 0 spiro atoms. The predicted octanol–water partition coefficient (Wildman–Crippen LogP) is 4.00. The van der Waals surface area contributed by atoms with Crippen molar-refractivity contribution in [2.45, 2.75) is 12.3 Å². The molecule has 0 saturated carbocycles. The van der Waals surface area contributed by atoms with Crippen molar-refractivity contribution < 1.29 is 9.18 Å². The number of halogens is 2. The van der Waals surface area contributed by atoms with E-state index in [1.165, 1.54) is 6.07 Å². The highest BCUT2D eigenvalue weighted by Gasteiger charge is 2.13. The lowest BCUT2D eigenvalue weighted by Gasteiger charge is -2.11. The summed E-state index contributed by atoms with van der Waals surface area (Å²) < 4.78 is 13.5. The molecule has 0 heterocycles. The second-order valence-corrected chi connectivity index (χ2v) is 4.53. The minimum Gasteiger partial charge on any atom is -0.303 e. The Balaban J connectivity index is 2.22. The Kier molecular flexibility index (Phi) is 4.11. The van der Waals surface area contributed by atoms with Gasteiger partial charge in [-0.1, -0.05) is 41.9 Å². The molecule has 0 N–H and O–H groups in total. The van der Waals surface area contributed by atoms with E-state index in [-0.39, 0.29) is 11.7 Å². The standard InChI is InChI=1S/C15H12ClFO/c16-14-7-5-11(6-8-14)13(10-18)9-12-3-1-2-4-15(12)17/h1-8,10,13H,9H2. The first-order chi connectivity index (χ1) is 8.70. The van der Waals surface area contributed by atoms with Crippen LogP contribution in [-0.4, -0.2) is 6.29 Å². The van der Waals surface area contributed by atoms with E-state index in [9.17, 15) is 9.18 Å². The maximum absolute atomic E-state index is 13.5. The van der Waals surface area contributed by atoms with Crippen LogP contribution >= 0.6 is 11.6 Å². The van der Waals surface area contributed by atoms with Crippen molar-refractivity contribution in [3.63, 3.8) is 0 Å². The van der Waals surface area contributed by atoms with Gasteiger partial charge in [0.05, 0.1) is 0 Å². The maximum atomic E-state index is 13.5. The number of carbonyl (C=O) groups excluding carboxylic acids is 1. The van der Waals surface area contributed by atoms with E-state index in [1.54, 1.807) is 42.5 Å². The molecule has 0 aliphatic rings. The highest BCUT2D eigenvalue weighted by atomic mass is 35.5. The summed E-state index contributed by atoms with van der Waals surface area (Å²) in [7, 11) is 0. The Morgan fingerprint density at radius 2 is 1.78 bits per heavy atom. The van der Waals surface area contributed by atoms with Gasteiger partial charge in [-0.15, -0.1) is 0 Å². The molecule has 1 atom stereocenters. The summed E-state index contributed by atoms with van der Waals surface area (Å²) >= 11 is 5.80. The number of hydrogen-bond acceptors (Lipinski definition) is 1. The molecule has 92 valence electrons. The summed E-state index contributed by atoms with van der Waals surface area (Å²) in [5.74, 6) is -0.627. The quantitative estimate of drug-likeness (QED) is 0.761. The van der Waals surface area contributed by atoms with Gasteiger partial charge in [-0.25, -0.2) is 4.39 Å². The Morgan fingerprint density at radius 1 is 1.11 bits per heavy atom. The van der Waals surface area contributed by atoms with Gasteiger partial charge in [0.1, 0.15) is 12.1 Å². The zero-order valence-electron chi connectivity index (χ0n) is 9.64. The van der Waals surface area contributed by atoms with E-state index in [0.29, 0.717) is 17.0 Å². The molecule has 1 unspecified atom stereocenters. The van der Waals surface area contributed by atoms with Crippen LogP contribution in [0, 0.1) is 5.82 Å². The molecule has 0 amide bonds. The first-order valence-corrected chi connectivity index (χ1v) is 6.02. The van der Waals surface area contributed by atoms with Gasteiger partial charge in [0.2, 0.25) is 0 Å². The van der Waals surface area contributed by atoms with Crippen LogP contribution < -0.4 is 0 Å². The van der Waals surface area contributed by atoms with E-state index >= 15 is 0 Å². The molecule has 0 bridgehead atoms. The van der Waals surface area contributed by atoms with Gasteiger partial charge >= 0.3 is 0 Å². The number of benzene rings is 2. The molecule has 0 aromatic heterocycles. The van der Waals surface area contributed by atoms with Crippen molar-refractivity contribution in [1.29, 1.82) is 0 Å². The van der Waals surface area contributed by atoms with Gasteiger partial charge in [-0.3, -0.25) is 0 Å². The molecule has 2 aromatic rings. The molecule has 0 radical (unpaired) electrons. The van der Waals surface area contributed by atoms with Gasteiger partial charge in [-0.2, -0.15) is 0 Å². The molecular weight excluding hydrogens is 251 g/mol. The van der Waals surface area contributed by atoms with E-state index in [2.05, 4.69) is 0 Å². The topological polar surface area (TPSA) is 17.1 Å². The molecule has 18 heavy (non-hydrogen) atoms. The number of aldehydes is 1. The highest BCUT2D eigenvalue weighted by molar-refractivity contribution is 6.30. The van der Waals surface area contributed by atoms with Gasteiger partial charge in [0.15, 0.2) is 0 Å². The minimum absolute atomic E-state index is 0.279. The zero-order chi connectivity index (χ0) is 13.0. The lowest BCUT2D eigenvalue weighted by molar-refractivity contribution is -0.109. The average molecular weight is 263 g/mol. The second-order valence-electron chi connectivity index (χ2n) is 4.09. The van der Waals surface area contributed by atoms with Crippen molar-refractivity contribution in [2.75, 3.05) is 0 Å². The van der Waals surface area contributed by atoms with Crippen molar-refractivity contribution >= 4 is 17.9 Å². The van der Waals surface area contributed by atoms with E-state index < -0.39 is 0 Å². The average Bonchev–Trinajstić information content (AvgIpc) is 2.39. The third-order valence-electron chi connectivity index (χ3n) is 2.86. The number of rotatable bonds is 4. The van der Waals surface area contributed by atoms with Gasteiger partial charge in [0, 0.05) is 10.9 Å². The SMILES string of the molecule is O=CC(Cc1ccccc1F)c1ccc(Cl)cc1. The third kappa shape index (κ3) is 2.96. The fourth-order valence-corrected chi connectivity index (χ4v) is 1.98. The fourth-order valence-electron chi connectivity index (χ4n) is 1.86. The summed E-state index contributed by atoms with van der Waals surface area (Å²) in [6, 6.07) is 13.5. The molecule has 1 nitrogen and oxygen atoms in total. The van der Waals surface area contributed by atoms with Gasteiger partial charge in [0.25, 0.3) is 0 Å². The Morgan fingerprint density at radius 3 is 2.39 bits per heavy atom. The summed E-state index contributed by atoms with van der Waals surface area (Å²) in [5, 5.41) is 0.620. The molecule has 0 aliphatic heterocycles. The Bertz CT molecular complexity index is 536. The monoisotopic (exact) mass is 262 g/mol. The number of carbonyl (C=O) groups is 1. The summed E-state index contributed by atoms with van der Waals surface area (Å²) in [6.07, 6.45) is 1.20. The van der Waals surface area contributed by atoms with Crippen LogP contribution in [0.2, 0.25) is 5.02 Å². The Hall–Kier alpha value is -1.67. The normalized spacial score (nSPS) is 12.1. The van der Waals surface area contributed by atoms with Crippen LogP contribution in [0.25, 0.3) is 0 Å². The zero-order valence-corrected chi connectivity index (χ0v) is 10.4. The summed E-state index contributed by atoms with van der Waals surface area (Å²) in [6.45, 7) is 0. The molecule has 3 heteroatoms. The first-order valence-electron chi connectivity index (χ1n) is 5.65. The molecule has 2 aromatic carbocycles. The van der Waals surface area contributed by atoms with E-state index in [1.807, 2.05) is 0 Å². The van der Waals surface area contributed by atoms with Crippen molar-refractivity contribution in [3.8, 4) is 0 Å². The third-order valence-corrected chi connectivity index (χ3v) is 3.11. The maximum Gasteiger partial charge on any atom is 0.127 e. The lowest BCUT2D eigenvalue weighted by atomic mass is 9.93. The number of hydrogen-bond donors (Lipinski definition) is 0. The summed E-state index contributed by atoms with van der Waals surface area (Å²) in [5.41, 5.74) is 1.39. The van der Waals surface area contributed by atoms with E-state index in [4.69, 9.17) is 11.6 Å². The lowest BCUT2D eigenvalue weighted by Crippen LogP contribution is -2.05. The van der Waals surface area contributed by atoms with Gasteiger partial charge < -0.3 is 4.79 Å². The van der Waals surface area contributed by atoms with Crippen LogP contribution in [0.15, 0.2) is 48.5 Å². The van der Waals surface area contributed by atoms with Crippen LogP contribution in [0.5, 0.6) is 0 Å². The molecule has 0 saturated heterocycles. The van der Waals surface area contributed by atoms with Crippen LogP contribution in [0.4, 0.5) is 4.39 Å². The largest absolute Gasteiger partial charge is 0.303 e. The second kappa shape index (κ2) is 5.78. The van der Waals surface area contributed by atoms with Crippen molar-refractivity contribution in [3.05, 3.63) is 70.5 Å². The summed E-state index contributed by atoms with van der Waals surface area (Å²) in [4.78, 5) is 11.2. The molecule has 0 aliphatic carbocycles. The smallest absolute Gasteiger partial charge is 0.127 e. The van der Waals surface area contributed by atoms with E-state index in [0.717, 1.165) is 11.8 Å². The van der Waals surface area contributed by atoms with Crippen LogP contribution in [0.1, 0.15) is 17.0 Å². The molecule has 2 rings (SSSR count). The molecule has 0 fully saturated rings. The minimum atomic E-state index is -0.348. The first kappa shape index (κ1) is 12.8.